The van der Waals surface area contributed by atoms with E-state index in [0.717, 1.165) is 19.6 Å². The second-order valence-electron chi connectivity index (χ2n) is 3.75. The van der Waals surface area contributed by atoms with Gasteiger partial charge in [0, 0.05) is 18.5 Å². The number of rotatable bonds is 6. The molecule has 88 valence electrons. The highest BCUT2D eigenvalue weighted by Gasteiger charge is 2.08. The molecule has 0 spiro atoms. The summed E-state index contributed by atoms with van der Waals surface area (Å²) in [6.07, 6.45) is 0.505. The average molecular weight is 221 g/mol. The van der Waals surface area contributed by atoms with Crippen LogP contribution in [0.4, 0.5) is 0 Å². The van der Waals surface area contributed by atoms with Crippen molar-refractivity contribution in [3.8, 4) is 5.75 Å². The zero-order valence-corrected chi connectivity index (χ0v) is 9.94. The smallest absolute Gasteiger partial charge is 0.164 e. The van der Waals surface area contributed by atoms with Crippen molar-refractivity contribution in [1.29, 1.82) is 0 Å². The summed E-state index contributed by atoms with van der Waals surface area (Å²) < 4.78 is 0. The zero-order valence-electron chi connectivity index (χ0n) is 9.94. The third-order valence-electron chi connectivity index (χ3n) is 2.72. The first-order valence-corrected chi connectivity index (χ1v) is 5.72. The zero-order chi connectivity index (χ0) is 12.0. The third kappa shape index (κ3) is 3.66. The van der Waals surface area contributed by atoms with E-state index < -0.39 is 0 Å². The molecule has 1 aromatic rings. The number of ketones is 1. The largest absolute Gasteiger partial charge is 0.508 e. The monoisotopic (exact) mass is 221 g/mol. The van der Waals surface area contributed by atoms with E-state index in [9.17, 15) is 9.90 Å². The highest BCUT2D eigenvalue weighted by molar-refractivity contribution is 5.96. The minimum Gasteiger partial charge on any atom is -0.508 e. The SMILES string of the molecule is CCN(CC)CCC(=O)c1cccc(O)c1. The van der Waals surface area contributed by atoms with Gasteiger partial charge in [-0.3, -0.25) is 4.79 Å². The number of hydrogen-bond donors (Lipinski definition) is 1. The number of nitrogens with zero attached hydrogens (tertiary/aromatic N) is 1. The number of phenols is 1. The number of aromatic hydroxyl groups is 1. The summed E-state index contributed by atoms with van der Waals surface area (Å²) in [6, 6.07) is 6.52. The quantitative estimate of drug-likeness (QED) is 0.749. The second kappa shape index (κ2) is 6.28. The lowest BCUT2D eigenvalue weighted by Crippen LogP contribution is -2.25. The van der Waals surface area contributed by atoms with E-state index in [1.54, 1.807) is 18.2 Å². The lowest BCUT2D eigenvalue weighted by Gasteiger charge is -2.17. The van der Waals surface area contributed by atoms with Gasteiger partial charge in [0.2, 0.25) is 0 Å². The number of Topliss-reactive ketones (excluding diaryl/α,β-unsaturated/α-hetero) is 1. The molecule has 0 bridgehead atoms. The predicted molar refractivity (Wildman–Crippen MR) is 64.8 cm³/mol. The Morgan fingerprint density at radius 2 is 2.00 bits per heavy atom. The van der Waals surface area contributed by atoms with Crippen molar-refractivity contribution in [3.05, 3.63) is 29.8 Å². The number of hydrogen-bond acceptors (Lipinski definition) is 3. The van der Waals surface area contributed by atoms with Crippen LogP contribution in [0.15, 0.2) is 24.3 Å². The number of phenolic OH excluding ortho intramolecular Hbond substituents is 1. The molecule has 0 radical (unpaired) electrons. The van der Waals surface area contributed by atoms with Crippen molar-refractivity contribution in [2.75, 3.05) is 19.6 Å². The van der Waals surface area contributed by atoms with Crippen LogP contribution in [0.2, 0.25) is 0 Å². The molecule has 0 heterocycles. The molecular formula is C13H19NO2. The van der Waals surface area contributed by atoms with Crippen LogP contribution in [-0.2, 0) is 0 Å². The molecule has 3 nitrogen and oxygen atoms in total. The Morgan fingerprint density at radius 1 is 1.31 bits per heavy atom. The van der Waals surface area contributed by atoms with Crippen LogP contribution in [0.3, 0.4) is 0 Å². The van der Waals surface area contributed by atoms with Gasteiger partial charge in [-0.25, -0.2) is 0 Å². The van der Waals surface area contributed by atoms with Crippen LogP contribution in [0, 0.1) is 0 Å². The molecule has 0 atom stereocenters. The molecule has 0 fully saturated rings. The Morgan fingerprint density at radius 3 is 2.56 bits per heavy atom. The van der Waals surface area contributed by atoms with Crippen LogP contribution in [-0.4, -0.2) is 35.4 Å². The van der Waals surface area contributed by atoms with Gasteiger partial charge in [0.15, 0.2) is 5.78 Å². The average Bonchev–Trinajstić information content (AvgIpc) is 2.30. The first-order valence-electron chi connectivity index (χ1n) is 5.72. The fourth-order valence-electron chi connectivity index (χ4n) is 1.62. The maximum atomic E-state index is 11.8. The summed E-state index contributed by atoms with van der Waals surface area (Å²) in [7, 11) is 0. The summed E-state index contributed by atoms with van der Waals surface area (Å²) in [6.45, 7) is 6.87. The maximum absolute atomic E-state index is 11.8. The van der Waals surface area contributed by atoms with Crippen molar-refractivity contribution < 1.29 is 9.90 Å². The highest BCUT2D eigenvalue weighted by Crippen LogP contribution is 2.12. The fraction of sp³-hybridized carbons (Fsp3) is 0.462. The molecule has 0 saturated heterocycles. The molecule has 3 heteroatoms. The number of carbonyl (C=O) groups is 1. The molecular weight excluding hydrogens is 202 g/mol. The van der Waals surface area contributed by atoms with Crippen LogP contribution in [0.25, 0.3) is 0 Å². The standard InChI is InChI=1S/C13H19NO2/c1-3-14(4-2)9-8-13(16)11-6-5-7-12(15)10-11/h5-7,10,15H,3-4,8-9H2,1-2H3. The van der Waals surface area contributed by atoms with Crippen molar-refractivity contribution in [1.82, 2.24) is 4.90 Å². The normalized spacial score (nSPS) is 10.7. The van der Waals surface area contributed by atoms with Gasteiger partial charge in [-0.15, -0.1) is 0 Å². The molecule has 0 unspecified atom stereocenters. The van der Waals surface area contributed by atoms with Gasteiger partial charge in [0.25, 0.3) is 0 Å². The van der Waals surface area contributed by atoms with E-state index in [-0.39, 0.29) is 11.5 Å². The van der Waals surface area contributed by atoms with E-state index in [4.69, 9.17) is 0 Å². The van der Waals surface area contributed by atoms with Crippen LogP contribution in [0.5, 0.6) is 5.75 Å². The summed E-state index contributed by atoms with van der Waals surface area (Å²) in [5, 5.41) is 9.27. The van der Waals surface area contributed by atoms with E-state index >= 15 is 0 Å². The summed E-state index contributed by atoms with van der Waals surface area (Å²) in [4.78, 5) is 14.0. The van der Waals surface area contributed by atoms with E-state index in [2.05, 4.69) is 18.7 Å². The van der Waals surface area contributed by atoms with Crippen molar-refractivity contribution in [3.63, 3.8) is 0 Å². The van der Waals surface area contributed by atoms with Crippen LogP contribution in [0.1, 0.15) is 30.6 Å². The molecule has 1 N–H and O–H groups in total. The fourth-order valence-corrected chi connectivity index (χ4v) is 1.62. The molecule has 1 aromatic carbocycles. The van der Waals surface area contributed by atoms with E-state index in [1.807, 2.05) is 0 Å². The molecule has 0 aliphatic rings. The van der Waals surface area contributed by atoms with Crippen molar-refractivity contribution >= 4 is 5.78 Å². The Hall–Kier alpha value is -1.35. The lowest BCUT2D eigenvalue weighted by molar-refractivity contribution is 0.0966. The maximum Gasteiger partial charge on any atom is 0.164 e. The number of carbonyl (C=O) groups excluding carboxylic acids is 1. The van der Waals surface area contributed by atoms with Gasteiger partial charge >= 0.3 is 0 Å². The van der Waals surface area contributed by atoms with Crippen LogP contribution >= 0.6 is 0 Å². The Labute approximate surface area is 96.7 Å². The second-order valence-corrected chi connectivity index (χ2v) is 3.75. The summed E-state index contributed by atoms with van der Waals surface area (Å²) >= 11 is 0. The van der Waals surface area contributed by atoms with Gasteiger partial charge in [-0.2, -0.15) is 0 Å². The van der Waals surface area contributed by atoms with E-state index in [0.29, 0.717) is 12.0 Å². The van der Waals surface area contributed by atoms with Crippen molar-refractivity contribution in [2.24, 2.45) is 0 Å². The Bertz CT molecular complexity index is 346. The van der Waals surface area contributed by atoms with Gasteiger partial charge in [-0.1, -0.05) is 26.0 Å². The molecule has 0 amide bonds. The molecule has 0 aromatic heterocycles. The lowest BCUT2D eigenvalue weighted by atomic mass is 10.1. The summed E-state index contributed by atoms with van der Waals surface area (Å²) in [5.41, 5.74) is 0.590. The third-order valence-corrected chi connectivity index (χ3v) is 2.72. The molecule has 0 saturated carbocycles. The van der Waals surface area contributed by atoms with Gasteiger partial charge in [0.1, 0.15) is 5.75 Å². The topological polar surface area (TPSA) is 40.5 Å². The van der Waals surface area contributed by atoms with Gasteiger partial charge in [0.05, 0.1) is 0 Å². The predicted octanol–water partition coefficient (Wildman–Crippen LogP) is 2.31. The Kier molecular flexibility index (Phi) is 4.99. The Balaban J connectivity index is 2.52. The minimum absolute atomic E-state index is 0.0859. The molecule has 16 heavy (non-hydrogen) atoms. The van der Waals surface area contributed by atoms with Gasteiger partial charge in [-0.05, 0) is 25.2 Å². The highest BCUT2D eigenvalue weighted by atomic mass is 16.3. The van der Waals surface area contributed by atoms with Crippen LogP contribution < -0.4 is 0 Å². The first-order chi connectivity index (χ1) is 7.67. The van der Waals surface area contributed by atoms with Gasteiger partial charge < -0.3 is 10.0 Å². The molecule has 0 aliphatic heterocycles. The molecule has 0 aliphatic carbocycles. The summed E-state index contributed by atoms with van der Waals surface area (Å²) in [5.74, 6) is 0.233. The van der Waals surface area contributed by atoms with E-state index in [1.165, 1.54) is 6.07 Å². The van der Waals surface area contributed by atoms with Crippen molar-refractivity contribution in [2.45, 2.75) is 20.3 Å². The molecule has 1 rings (SSSR count). The minimum atomic E-state index is 0.0859. The number of benzene rings is 1. The first kappa shape index (κ1) is 12.7.